The number of aromatic nitrogens is 2. The third kappa shape index (κ3) is 4.32. The second-order valence-electron chi connectivity index (χ2n) is 7.27. The highest BCUT2D eigenvalue weighted by molar-refractivity contribution is 6.04. The minimum absolute atomic E-state index is 0.161. The number of imide groups is 1. The van der Waals surface area contributed by atoms with Crippen molar-refractivity contribution in [2.45, 2.75) is 31.8 Å². The topological polar surface area (TPSA) is 107 Å². The molecule has 30 heavy (non-hydrogen) atoms. The molecular formula is C22H23N5O3. The van der Waals surface area contributed by atoms with Crippen LogP contribution in [-0.4, -0.2) is 45.3 Å². The molecule has 1 aliphatic heterocycles. The molecule has 0 aliphatic carbocycles. The first kappa shape index (κ1) is 19.6. The van der Waals surface area contributed by atoms with Crippen LogP contribution in [0.2, 0.25) is 0 Å². The fraction of sp³-hybridized carbons (Fsp3) is 0.273. The average Bonchev–Trinajstić information content (AvgIpc) is 3.30. The highest BCUT2D eigenvalue weighted by Crippen LogP contribution is 2.19. The molecule has 4 amide bonds. The predicted octanol–water partition coefficient (Wildman–Crippen LogP) is 2.12. The van der Waals surface area contributed by atoms with Crippen LogP contribution in [0.1, 0.15) is 24.0 Å². The summed E-state index contributed by atoms with van der Waals surface area (Å²) in [6.45, 7) is 0.709. The van der Waals surface area contributed by atoms with E-state index in [1.54, 1.807) is 12.4 Å². The van der Waals surface area contributed by atoms with Gasteiger partial charge in [0.25, 0.3) is 5.91 Å². The second kappa shape index (κ2) is 8.77. The number of rotatable bonds is 8. The minimum atomic E-state index is -0.660. The molecule has 1 aliphatic rings. The van der Waals surface area contributed by atoms with Gasteiger partial charge in [0.15, 0.2) is 0 Å². The molecule has 8 heteroatoms. The zero-order valence-electron chi connectivity index (χ0n) is 16.4. The molecule has 1 atom stereocenters. The van der Waals surface area contributed by atoms with Gasteiger partial charge in [0.1, 0.15) is 6.04 Å². The summed E-state index contributed by atoms with van der Waals surface area (Å²) in [6, 6.07) is 10.5. The van der Waals surface area contributed by atoms with Gasteiger partial charge in [0.2, 0.25) is 5.91 Å². The van der Waals surface area contributed by atoms with E-state index in [1.807, 2.05) is 42.6 Å². The van der Waals surface area contributed by atoms with Gasteiger partial charge < -0.3 is 15.6 Å². The van der Waals surface area contributed by atoms with Gasteiger partial charge in [-0.25, -0.2) is 4.79 Å². The maximum absolute atomic E-state index is 12.6. The van der Waals surface area contributed by atoms with E-state index in [0.29, 0.717) is 19.5 Å². The standard InChI is InChI=1S/C22H23N5O3/c28-20(25-13-15-7-10-23-11-8-15)6-5-19-21(29)27(22(30)26-19)12-9-16-14-24-18-4-2-1-3-17(16)18/h1-4,7-8,10-11,14,19,24H,5-6,9,12-13H2,(H,25,28)(H,26,30)/t19-/m1/s1. The predicted molar refractivity (Wildman–Crippen MR) is 111 cm³/mol. The fourth-order valence-corrected chi connectivity index (χ4v) is 3.62. The summed E-state index contributed by atoms with van der Waals surface area (Å²) in [4.78, 5) is 45.3. The van der Waals surface area contributed by atoms with Crippen molar-refractivity contribution < 1.29 is 14.4 Å². The summed E-state index contributed by atoms with van der Waals surface area (Å²) < 4.78 is 0. The first-order chi connectivity index (χ1) is 14.6. The summed E-state index contributed by atoms with van der Waals surface area (Å²) in [5.74, 6) is -0.437. The van der Waals surface area contributed by atoms with Crippen LogP contribution in [0.5, 0.6) is 0 Å². The number of urea groups is 1. The van der Waals surface area contributed by atoms with Crippen molar-refractivity contribution in [1.29, 1.82) is 0 Å². The molecular weight excluding hydrogens is 382 g/mol. The Bertz CT molecular complexity index is 1060. The number of nitrogens with zero attached hydrogens (tertiary/aromatic N) is 2. The number of aromatic amines is 1. The van der Waals surface area contributed by atoms with Crippen molar-refractivity contribution in [3.8, 4) is 0 Å². The largest absolute Gasteiger partial charge is 0.361 e. The van der Waals surface area contributed by atoms with E-state index < -0.39 is 12.1 Å². The molecule has 0 spiro atoms. The van der Waals surface area contributed by atoms with Crippen LogP contribution in [-0.2, 0) is 22.6 Å². The Balaban J connectivity index is 1.26. The Morgan fingerprint density at radius 1 is 1.13 bits per heavy atom. The van der Waals surface area contributed by atoms with Gasteiger partial charge in [0, 0.05) is 49.0 Å². The van der Waals surface area contributed by atoms with Gasteiger partial charge in [-0.1, -0.05) is 18.2 Å². The van der Waals surface area contributed by atoms with Crippen LogP contribution in [0.3, 0.4) is 0 Å². The van der Waals surface area contributed by atoms with Gasteiger partial charge >= 0.3 is 6.03 Å². The maximum atomic E-state index is 12.6. The number of nitrogens with one attached hydrogen (secondary N) is 3. The summed E-state index contributed by atoms with van der Waals surface area (Å²) in [7, 11) is 0. The second-order valence-corrected chi connectivity index (χ2v) is 7.27. The molecule has 2 aromatic heterocycles. The van der Waals surface area contributed by atoms with Gasteiger partial charge in [-0.2, -0.15) is 0 Å². The van der Waals surface area contributed by atoms with Crippen molar-refractivity contribution >= 4 is 28.7 Å². The Morgan fingerprint density at radius 2 is 1.93 bits per heavy atom. The molecule has 1 fully saturated rings. The molecule has 0 radical (unpaired) electrons. The number of para-hydroxylation sites is 1. The molecule has 0 saturated carbocycles. The van der Waals surface area contributed by atoms with Crippen LogP contribution >= 0.6 is 0 Å². The number of H-pyrrole nitrogens is 1. The number of pyridine rings is 1. The lowest BCUT2D eigenvalue weighted by Crippen LogP contribution is -2.33. The number of benzene rings is 1. The normalized spacial score (nSPS) is 16.1. The lowest BCUT2D eigenvalue weighted by atomic mass is 10.1. The molecule has 154 valence electrons. The van der Waals surface area contributed by atoms with Crippen LogP contribution < -0.4 is 10.6 Å². The Morgan fingerprint density at radius 3 is 2.77 bits per heavy atom. The quantitative estimate of drug-likeness (QED) is 0.499. The Labute approximate surface area is 173 Å². The molecule has 0 unspecified atom stereocenters. The number of fused-ring (bicyclic) bond motifs is 1. The number of amides is 4. The summed E-state index contributed by atoms with van der Waals surface area (Å²) in [5, 5.41) is 6.59. The fourth-order valence-electron chi connectivity index (χ4n) is 3.62. The van der Waals surface area contributed by atoms with E-state index in [2.05, 4.69) is 20.6 Å². The highest BCUT2D eigenvalue weighted by atomic mass is 16.2. The smallest absolute Gasteiger partial charge is 0.324 e. The third-order valence-electron chi connectivity index (χ3n) is 5.29. The van der Waals surface area contributed by atoms with Gasteiger partial charge in [-0.05, 0) is 42.2 Å². The lowest BCUT2D eigenvalue weighted by molar-refractivity contribution is -0.127. The van der Waals surface area contributed by atoms with Gasteiger partial charge in [-0.15, -0.1) is 0 Å². The van der Waals surface area contributed by atoms with Gasteiger partial charge in [0.05, 0.1) is 0 Å². The third-order valence-corrected chi connectivity index (χ3v) is 5.29. The first-order valence-corrected chi connectivity index (χ1v) is 9.94. The average molecular weight is 405 g/mol. The van der Waals surface area contributed by atoms with Crippen molar-refractivity contribution in [1.82, 2.24) is 25.5 Å². The van der Waals surface area contributed by atoms with E-state index in [0.717, 1.165) is 22.0 Å². The summed E-state index contributed by atoms with van der Waals surface area (Å²) in [6.07, 6.45) is 6.25. The van der Waals surface area contributed by atoms with Crippen molar-refractivity contribution in [2.24, 2.45) is 0 Å². The number of hydrogen-bond acceptors (Lipinski definition) is 4. The van der Waals surface area contributed by atoms with Crippen LogP contribution in [0.4, 0.5) is 4.79 Å². The van der Waals surface area contributed by atoms with E-state index in [1.165, 1.54) is 4.90 Å². The number of carbonyl (C=O) groups excluding carboxylic acids is 3. The molecule has 3 heterocycles. The monoisotopic (exact) mass is 405 g/mol. The molecule has 1 saturated heterocycles. The maximum Gasteiger partial charge on any atom is 0.324 e. The van der Waals surface area contributed by atoms with Crippen molar-refractivity contribution in [2.75, 3.05) is 6.54 Å². The van der Waals surface area contributed by atoms with Crippen LogP contribution in [0, 0.1) is 0 Å². The molecule has 8 nitrogen and oxygen atoms in total. The van der Waals surface area contributed by atoms with Crippen molar-refractivity contribution in [3.63, 3.8) is 0 Å². The number of carbonyl (C=O) groups is 3. The summed E-state index contributed by atoms with van der Waals surface area (Å²) >= 11 is 0. The lowest BCUT2D eigenvalue weighted by Gasteiger charge is -2.12. The zero-order valence-corrected chi connectivity index (χ0v) is 16.4. The first-order valence-electron chi connectivity index (χ1n) is 9.94. The molecule has 3 N–H and O–H groups in total. The molecule has 3 aromatic rings. The number of hydrogen-bond donors (Lipinski definition) is 3. The van der Waals surface area contributed by atoms with Gasteiger partial charge in [-0.3, -0.25) is 19.5 Å². The SMILES string of the molecule is O=C(CC[C@H]1NC(=O)N(CCc2c[nH]c3ccccc23)C1=O)NCc1ccncc1. The molecule has 0 bridgehead atoms. The van der Waals surface area contributed by atoms with E-state index in [9.17, 15) is 14.4 Å². The van der Waals surface area contributed by atoms with E-state index >= 15 is 0 Å². The molecule has 1 aromatic carbocycles. The van der Waals surface area contributed by atoms with Crippen LogP contribution in [0.25, 0.3) is 10.9 Å². The van der Waals surface area contributed by atoms with E-state index in [-0.39, 0.29) is 24.7 Å². The Hall–Kier alpha value is -3.68. The van der Waals surface area contributed by atoms with Crippen molar-refractivity contribution in [3.05, 3.63) is 66.1 Å². The van der Waals surface area contributed by atoms with E-state index in [4.69, 9.17) is 0 Å². The highest BCUT2D eigenvalue weighted by Gasteiger charge is 2.37. The summed E-state index contributed by atoms with van der Waals surface area (Å²) in [5.41, 5.74) is 3.04. The minimum Gasteiger partial charge on any atom is -0.361 e. The molecule has 4 rings (SSSR count). The van der Waals surface area contributed by atoms with Crippen LogP contribution in [0.15, 0.2) is 55.0 Å². The zero-order chi connectivity index (χ0) is 20.9. The Kier molecular flexibility index (Phi) is 5.74.